The average molecular weight is 703 g/mol. The van der Waals surface area contributed by atoms with Crippen molar-refractivity contribution in [3.05, 3.63) is 176 Å². The summed E-state index contributed by atoms with van der Waals surface area (Å²) in [6.07, 6.45) is 13.6. The van der Waals surface area contributed by atoms with E-state index in [1.807, 2.05) is 55.4 Å². The van der Waals surface area contributed by atoms with Crippen LogP contribution in [0, 0.1) is 0 Å². The third-order valence-corrected chi connectivity index (χ3v) is 10.4. The van der Waals surface area contributed by atoms with E-state index in [0.717, 1.165) is 0 Å². The van der Waals surface area contributed by atoms with Crippen LogP contribution >= 0.6 is 0 Å². The quantitative estimate of drug-likeness (QED) is 0.151. The molecule has 0 nitrogen and oxygen atoms in total. The minimum absolute atomic E-state index is 0.0401. The number of benzene rings is 5. The Morgan fingerprint density at radius 2 is 0.434 bits per heavy atom. The first-order chi connectivity index (χ1) is 25.6. The molecule has 0 unspecified atom stereocenters. The van der Waals surface area contributed by atoms with Crippen molar-refractivity contribution in [2.45, 2.75) is 113 Å². The van der Waals surface area contributed by atoms with Crippen molar-refractivity contribution in [1.82, 2.24) is 0 Å². The topological polar surface area (TPSA) is 0 Å². The van der Waals surface area contributed by atoms with Gasteiger partial charge in [-0.15, -0.1) is 0 Å². The molecule has 0 atom stereocenters. The highest BCUT2D eigenvalue weighted by molar-refractivity contribution is 5.83. The molecule has 3 aliphatic carbocycles. The Labute approximate surface area is 324 Å². The SMILES string of the molecule is CC.CC.CC.CC.CC1(C)c2ccccc2C=Cc2cc3c(cc21)C=Cc1ccccc1C3(C)C.CC1(C)c2ccccc2C=Cc2ccccc21. The molecule has 0 heterocycles. The molecule has 0 radical (unpaired) electrons. The Bertz CT molecular complexity index is 1880. The van der Waals surface area contributed by atoms with Gasteiger partial charge in [-0.3, -0.25) is 0 Å². The van der Waals surface area contributed by atoms with Gasteiger partial charge in [0, 0.05) is 16.2 Å². The van der Waals surface area contributed by atoms with Crippen LogP contribution in [-0.2, 0) is 16.2 Å². The lowest BCUT2D eigenvalue weighted by Crippen LogP contribution is -2.24. The van der Waals surface area contributed by atoms with Gasteiger partial charge in [-0.05, 0) is 78.9 Å². The molecule has 0 amide bonds. The summed E-state index contributed by atoms with van der Waals surface area (Å²) in [5.41, 5.74) is 16.3. The van der Waals surface area contributed by atoms with Crippen LogP contribution in [0.2, 0.25) is 0 Å². The summed E-state index contributed by atoms with van der Waals surface area (Å²) in [6.45, 7) is 30.0. The Kier molecular flexibility index (Phi) is 15.2. The van der Waals surface area contributed by atoms with Gasteiger partial charge in [0.15, 0.2) is 0 Å². The number of hydrogen-bond donors (Lipinski definition) is 0. The van der Waals surface area contributed by atoms with Gasteiger partial charge in [-0.2, -0.15) is 0 Å². The predicted octanol–water partition coefficient (Wildman–Crippen LogP) is 15.9. The molecule has 53 heavy (non-hydrogen) atoms. The normalized spacial score (nSPS) is 14.8. The Morgan fingerprint density at radius 1 is 0.245 bits per heavy atom. The van der Waals surface area contributed by atoms with E-state index in [-0.39, 0.29) is 16.2 Å². The number of rotatable bonds is 0. The summed E-state index contributed by atoms with van der Waals surface area (Å²) >= 11 is 0. The van der Waals surface area contributed by atoms with Crippen molar-refractivity contribution >= 4 is 36.5 Å². The maximum Gasteiger partial charge on any atom is 0.0158 e. The van der Waals surface area contributed by atoms with Gasteiger partial charge in [-0.25, -0.2) is 0 Å². The molecule has 0 fully saturated rings. The van der Waals surface area contributed by atoms with Gasteiger partial charge in [0.25, 0.3) is 0 Å². The Hall–Kier alpha value is -4.68. The summed E-state index contributed by atoms with van der Waals surface area (Å²) in [5.74, 6) is 0. The van der Waals surface area contributed by atoms with Crippen LogP contribution < -0.4 is 0 Å². The van der Waals surface area contributed by atoms with E-state index in [9.17, 15) is 0 Å². The highest BCUT2D eigenvalue weighted by Crippen LogP contribution is 2.45. The van der Waals surface area contributed by atoms with Crippen LogP contribution in [-0.4, -0.2) is 0 Å². The molecule has 0 aliphatic heterocycles. The van der Waals surface area contributed by atoms with Gasteiger partial charge in [-0.1, -0.05) is 230 Å². The minimum atomic E-state index is -0.0401. The van der Waals surface area contributed by atoms with E-state index < -0.39 is 0 Å². The first-order valence-electron chi connectivity index (χ1n) is 20.2. The third-order valence-electron chi connectivity index (χ3n) is 10.4. The van der Waals surface area contributed by atoms with E-state index >= 15 is 0 Å². The van der Waals surface area contributed by atoms with Gasteiger partial charge in [0.2, 0.25) is 0 Å². The zero-order valence-corrected chi connectivity index (χ0v) is 35.4. The molecule has 0 saturated carbocycles. The van der Waals surface area contributed by atoms with Crippen molar-refractivity contribution in [2.75, 3.05) is 0 Å². The van der Waals surface area contributed by atoms with Crippen LogP contribution in [0.3, 0.4) is 0 Å². The predicted molar refractivity (Wildman–Crippen MR) is 241 cm³/mol. The fourth-order valence-corrected chi connectivity index (χ4v) is 7.81. The highest BCUT2D eigenvalue weighted by Gasteiger charge is 2.34. The molecule has 278 valence electrons. The Morgan fingerprint density at radius 3 is 0.679 bits per heavy atom. The molecule has 5 aromatic carbocycles. The zero-order valence-electron chi connectivity index (χ0n) is 35.4. The monoisotopic (exact) mass is 703 g/mol. The molecule has 0 saturated heterocycles. The Balaban J connectivity index is 0.000000259. The van der Waals surface area contributed by atoms with Crippen molar-refractivity contribution in [1.29, 1.82) is 0 Å². The van der Waals surface area contributed by atoms with Crippen LogP contribution in [0.15, 0.2) is 109 Å². The van der Waals surface area contributed by atoms with E-state index in [1.54, 1.807) is 0 Å². The first-order valence-corrected chi connectivity index (χ1v) is 20.2. The fraction of sp³-hybridized carbons (Fsp3) is 0.321. The molecule has 0 heteroatoms. The molecule has 0 N–H and O–H groups in total. The lowest BCUT2D eigenvalue weighted by atomic mass is 9.71. The number of fused-ring (bicyclic) bond motifs is 6. The largest absolute Gasteiger partial charge is 0.0683 e. The maximum absolute atomic E-state index is 2.43. The summed E-state index contributed by atoms with van der Waals surface area (Å²) in [7, 11) is 0. The molecule has 5 aromatic rings. The maximum atomic E-state index is 2.43. The molecule has 3 aliphatic rings. The number of hydrogen-bond acceptors (Lipinski definition) is 0. The molecular weight excluding hydrogens is 637 g/mol. The smallest absolute Gasteiger partial charge is 0.0158 e. The van der Waals surface area contributed by atoms with Crippen molar-refractivity contribution in [3.63, 3.8) is 0 Å². The van der Waals surface area contributed by atoms with Crippen molar-refractivity contribution in [2.24, 2.45) is 0 Å². The van der Waals surface area contributed by atoms with Crippen LogP contribution in [0.4, 0.5) is 0 Å². The first kappa shape index (κ1) is 42.7. The van der Waals surface area contributed by atoms with Crippen LogP contribution in [0.5, 0.6) is 0 Å². The summed E-state index contributed by atoms with van der Waals surface area (Å²) < 4.78 is 0. The summed E-state index contributed by atoms with van der Waals surface area (Å²) in [6, 6.07) is 39.8. The lowest BCUT2D eigenvalue weighted by molar-refractivity contribution is 0.624. The van der Waals surface area contributed by atoms with Crippen molar-refractivity contribution in [3.8, 4) is 0 Å². The molecule has 0 bridgehead atoms. The molecule has 8 rings (SSSR count). The molecule has 0 spiro atoms. The fourth-order valence-electron chi connectivity index (χ4n) is 7.81. The van der Waals surface area contributed by atoms with Crippen molar-refractivity contribution < 1.29 is 0 Å². The van der Waals surface area contributed by atoms with Gasteiger partial charge in [0.05, 0.1) is 0 Å². The summed E-state index contributed by atoms with van der Waals surface area (Å²) in [4.78, 5) is 0. The second kappa shape index (κ2) is 18.9. The standard InChI is InChI=1S/C28H26.C17H16.4C2H6/c1-27(2)23-11-7-5-9-19(23)13-15-21-18-26-22(17-25(21)27)16-14-20-10-6-8-12-24(20)28(26,3)4;1-17(2)15-9-5-3-7-13(15)11-12-14-8-4-6-10-16(14)17;4*1-2/h5-18H,1-4H3;3-12H,1-2H3;4*1-2H3. The van der Waals surface area contributed by atoms with E-state index in [4.69, 9.17) is 0 Å². The molecule has 0 aromatic heterocycles. The van der Waals surface area contributed by atoms with Gasteiger partial charge < -0.3 is 0 Å². The highest BCUT2D eigenvalue weighted by atomic mass is 14.4. The van der Waals surface area contributed by atoms with Crippen LogP contribution in [0.25, 0.3) is 36.5 Å². The van der Waals surface area contributed by atoms with Gasteiger partial charge in [0.1, 0.15) is 0 Å². The van der Waals surface area contributed by atoms with E-state index in [1.165, 1.54) is 66.8 Å². The average Bonchev–Trinajstić information content (AvgIpc) is 3.46. The zero-order chi connectivity index (χ0) is 39.4. The van der Waals surface area contributed by atoms with E-state index in [2.05, 4.69) is 187 Å². The van der Waals surface area contributed by atoms with Gasteiger partial charge >= 0.3 is 0 Å². The third kappa shape index (κ3) is 8.60. The lowest BCUT2D eigenvalue weighted by Gasteiger charge is -2.32. The molecular formula is C53H66. The summed E-state index contributed by atoms with van der Waals surface area (Å²) in [5, 5.41) is 0. The van der Waals surface area contributed by atoms with E-state index in [0.29, 0.717) is 0 Å². The second-order valence-corrected chi connectivity index (χ2v) is 14.3. The second-order valence-electron chi connectivity index (χ2n) is 14.3. The van der Waals surface area contributed by atoms with Crippen LogP contribution in [0.1, 0.15) is 164 Å². The minimum Gasteiger partial charge on any atom is -0.0683 e.